The lowest BCUT2D eigenvalue weighted by atomic mass is 9.78. The molecule has 1 N–H and O–H groups in total. The van der Waals surface area contributed by atoms with Gasteiger partial charge in [0.2, 0.25) is 0 Å². The maximum absolute atomic E-state index is 12.9. The van der Waals surface area contributed by atoms with E-state index in [1.165, 1.54) is 0 Å². The molecule has 6 heteroatoms. The van der Waals surface area contributed by atoms with Crippen molar-refractivity contribution in [1.82, 2.24) is 4.90 Å². The number of amides is 1. The van der Waals surface area contributed by atoms with Gasteiger partial charge in [0.25, 0.3) is 0 Å². The fourth-order valence-electron chi connectivity index (χ4n) is 3.04. The Bertz CT molecular complexity index is 478. The second-order valence-electron chi connectivity index (χ2n) is 9.07. The summed E-state index contributed by atoms with van der Waals surface area (Å²) in [5, 5.41) is 9.75. The maximum atomic E-state index is 12.9. The number of hydrogen-bond donors (Lipinski definition) is 1. The van der Waals surface area contributed by atoms with E-state index < -0.39 is 26.5 Å². The lowest BCUT2D eigenvalue weighted by Gasteiger charge is -2.41. The number of aliphatic hydroxyl groups excluding tert-OH is 1. The predicted molar refractivity (Wildman–Crippen MR) is 99.4 cm³/mol. The Hall–Kier alpha value is -0.853. The van der Waals surface area contributed by atoms with Gasteiger partial charge in [-0.05, 0) is 50.8 Å². The Labute approximate surface area is 148 Å². The summed E-state index contributed by atoms with van der Waals surface area (Å²) in [5.74, 6) is 0.237. The molecule has 2 atom stereocenters. The van der Waals surface area contributed by atoms with Gasteiger partial charge in [0.05, 0.1) is 6.61 Å². The van der Waals surface area contributed by atoms with E-state index in [4.69, 9.17) is 9.16 Å². The molecule has 1 heterocycles. The molecule has 140 valence electrons. The van der Waals surface area contributed by atoms with Crippen molar-refractivity contribution in [3.63, 3.8) is 0 Å². The van der Waals surface area contributed by atoms with Gasteiger partial charge < -0.3 is 14.3 Å². The molecular formula is C18H35NO4Si. The van der Waals surface area contributed by atoms with Gasteiger partial charge in [-0.1, -0.05) is 27.4 Å². The molecule has 0 bridgehead atoms. The lowest BCUT2D eigenvalue weighted by Crippen LogP contribution is -2.54. The van der Waals surface area contributed by atoms with Crippen LogP contribution in [0.15, 0.2) is 12.2 Å². The molecule has 0 aliphatic carbocycles. The molecule has 1 fully saturated rings. The largest absolute Gasteiger partial charge is 0.444 e. The lowest BCUT2D eigenvalue weighted by molar-refractivity contribution is -0.0497. The topological polar surface area (TPSA) is 59.0 Å². The van der Waals surface area contributed by atoms with Gasteiger partial charge in [-0.15, -0.1) is 0 Å². The van der Waals surface area contributed by atoms with Crippen molar-refractivity contribution < 1.29 is 19.1 Å². The van der Waals surface area contributed by atoms with Crippen molar-refractivity contribution in [3.05, 3.63) is 12.2 Å². The van der Waals surface area contributed by atoms with Gasteiger partial charge in [0, 0.05) is 13.0 Å². The summed E-state index contributed by atoms with van der Waals surface area (Å²) in [4.78, 5) is 14.5. The Morgan fingerprint density at radius 2 is 1.83 bits per heavy atom. The van der Waals surface area contributed by atoms with E-state index >= 15 is 0 Å². The molecule has 5 nitrogen and oxygen atoms in total. The van der Waals surface area contributed by atoms with Crippen LogP contribution in [0.1, 0.15) is 48.0 Å². The van der Waals surface area contributed by atoms with E-state index in [-0.39, 0.29) is 17.9 Å². The quantitative estimate of drug-likeness (QED) is 0.618. The first-order valence-corrected chi connectivity index (χ1v) is 11.5. The molecule has 24 heavy (non-hydrogen) atoms. The number of likely N-dealkylation sites (tertiary alicyclic amines) is 1. The number of carbonyl (C=O) groups excluding carboxylic acids is 1. The second-order valence-corrected chi connectivity index (χ2v) is 11.4. The molecule has 1 amide bonds. The van der Waals surface area contributed by atoms with Crippen LogP contribution in [0, 0.1) is 11.3 Å². The Kier molecular flexibility index (Phi) is 6.34. The van der Waals surface area contributed by atoms with Crippen LogP contribution in [0.5, 0.6) is 0 Å². The summed E-state index contributed by atoms with van der Waals surface area (Å²) in [5.41, 5.74) is -1.01. The molecule has 0 spiro atoms. The number of aliphatic hydroxyl groups is 1. The Balaban J connectivity index is 3.30. The summed E-state index contributed by atoms with van der Waals surface area (Å²) in [6.45, 7) is 20.5. The molecule has 0 aromatic heterocycles. The summed E-state index contributed by atoms with van der Waals surface area (Å²) < 4.78 is 11.9. The second kappa shape index (κ2) is 7.18. The SMILES string of the molecule is C=C(CO)[C@@]1(O[SiH](C)C)C[C@H](C(C)(C)C)CN1C(=O)OC(C)(C)C. The van der Waals surface area contributed by atoms with Gasteiger partial charge in [-0.3, -0.25) is 4.90 Å². The molecule has 1 rings (SSSR count). The van der Waals surface area contributed by atoms with E-state index in [0.29, 0.717) is 18.5 Å². The highest BCUT2D eigenvalue weighted by Gasteiger charge is 2.54. The normalized spacial score (nSPS) is 25.2. The van der Waals surface area contributed by atoms with E-state index in [1.807, 2.05) is 20.8 Å². The minimum atomic E-state index is -1.50. The van der Waals surface area contributed by atoms with Crippen molar-refractivity contribution in [3.8, 4) is 0 Å². The van der Waals surface area contributed by atoms with Gasteiger partial charge in [-0.2, -0.15) is 0 Å². The third kappa shape index (κ3) is 4.83. The average molecular weight is 358 g/mol. The zero-order valence-electron chi connectivity index (χ0n) is 16.6. The molecule has 1 aliphatic heterocycles. The van der Waals surface area contributed by atoms with Crippen molar-refractivity contribution in [2.45, 2.75) is 72.4 Å². The number of ether oxygens (including phenoxy) is 1. The van der Waals surface area contributed by atoms with Crippen LogP contribution in [0.2, 0.25) is 13.1 Å². The van der Waals surface area contributed by atoms with E-state index in [9.17, 15) is 9.90 Å². The van der Waals surface area contributed by atoms with Gasteiger partial charge >= 0.3 is 6.09 Å². The van der Waals surface area contributed by atoms with Crippen LogP contribution in [0.4, 0.5) is 4.79 Å². The van der Waals surface area contributed by atoms with Crippen LogP contribution in [-0.2, 0) is 9.16 Å². The Morgan fingerprint density at radius 1 is 1.29 bits per heavy atom. The van der Waals surface area contributed by atoms with Crippen molar-refractivity contribution in [1.29, 1.82) is 0 Å². The molecule has 1 aliphatic rings. The fraction of sp³-hybridized carbons (Fsp3) is 0.833. The predicted octanol–water partition coefficient (Wildman–Crippen LogP) is 3.53. The average Bonchev–Trinajstić information content (AvgIpc) is 2.75. The summed E-state index contributed by atoms with van der Waals surface area (Å²) >= 11 is 0. The highest BCUT2D eigenvalue weighted by atomic mass is 28.3. The van der Waals surface area contributed by atoms with Crippen LogP contribution in [0.25, 0.3) is 0 Å². The number of rotatable bonds is 4. The van der Waals surface area contributed by atoms with Crippen molar-refractivity contribution >= 4 is 15.1 Å². The zero-order valence-corrected chi connectivity index (χ0v) is 17.8. The zero-order chi connectivity index (χ0) is 18.9. The van der Waals surface area contributed by atoms with Crippen molar-refractivity contribution in [2.24, 2.45) is 11.3 Å². The van der Waals surface area contributed by atoms with Gasteiger partial charge in [0.15, 0.2) is 14.8 Å². The van der Waals surface area contributed by atoms with E-state index in [0.717, 1.165) is 0 Å². The maximum Gasteiger partial charge on any atom is 0.412 e. The van der Waals surface area contributed by atoms with Crippen LogP contribution >= 0.6 is 0 Å². The van der Waals surface area contributed by atoms with Crippen LogP contribution < -0.4 is 0 Å². The minimum Gasteiger partial charge on any atom is -0.444 e. The van der Waals surface area contributed by atoms with Gasteiger partial charge in [-0.25, -0.2) is 4.79 Å². The smallest absolute Gasteiger partial charge is 0.412 e. The number of nitrogens with zero attached hydrogens (tertiary/aromatic N) is 1. The third-order valence-electron chi connectivity index (χ3n) is 4.37. The van der Waals surface area contributed by atoms with E-state index in [1.54, 1.807) is 4.90 Å². The number of carbonyl (C=O) groups is 1. The van der Waals surface area contributed by atoms with E-state index in [2.05, 4.69) is 40.4 Å². The first-order valence-electron chi connectivity index (χ1n) is 8.70. The molecule has 0 aromatic carbocycles. The van der Waals surface area contributed by atoms with Crippen LogP contribution in [-0.4, -0.2) is 49.6 Å². The number of hydrogen-bond acceptors (Lipinski definition) is 4. The Morgan fingerprint density at radius 3 is 2.21 bits per heavy atom. The summed E-state index contributed by atoms with van der Waals surface area (Å²) in [7, 11) is -1.50. The first kappa shape index (κ1) is 21.2. The highest BCUT2D eigenvalue weighted by Crippen LogP contribution is 2.46. The van der Waals surface area contributed by atoms with Gasteiger partial charge in [0.1, 0.15) is 5.60 Å². The summed E-state index contributed by atoms with van der Waals surface area (Å²) in [6.07, 6.45) is 0.235. The third-order valence-corrected chi connectivity index (χ3v) is 5.24. The molecule has 1 saturated heterocycles. The molecule has 0 unspecified atom stereocenters. The minimum absolute atomic E-state index is 0.0135. The monoisotopic (exact) mass is 357 g/mol. The van der Waals surface area contributed by atoms with Crippen LogP contribution in [0.3, 0.4) is 0 Å². The standard InChI is InChI=1S/C18H35NO4Si/c1-13(12-20)18(23-24(8)9)10-14(16(2,3)4)11-19(18)15(21)22-17(5,6)7/h14,20,24H,1,10-12H2,2-9H3/t14-,18-/m0/s1. The fourth-order valence-corrected chi connectivity index (χ4v) is 4.21. The molecule has 0 radical (unpaired) electrons. The highest BCUT2D eigenvalue weighted by molar-refractivity contribution is 6.48. The van der Waals surface area contributed by atoms with Crippen molar-refractivity contribution in [2.75, 3.05) is 13.2 Å². The molecular weight excluding hydrogens is 322 g/mol. The molecule has 0 aromatic rings. The molecule has 0 saturated carbocycles. The summed E-state index contributed by atoms with van der Waals surface area (Å²) in [6, 6.07) is 0. The first-order chi connectivity index (χ1) is 10.7.